The van der Waals surface area contributed by atoms with Crippen LogP contribution in [0.15, 0.2) is 12.1 Å². The molecule has 4 heteroatoms. The van der Waals surface area contributed by atoms with Crippen molar-refractivity contribution < 1.29 is 4.74 Å². The van der Waals surface area contributed by atoms with Crippen LogP contribution in [0, 0.1) is 0 Å². The first-order valence-electron chi connectivity index (χ1n) is 5.37. The van der Waals surface area contributed by atoms with Crippen LogP contribution >= 0.6 is 0 Å². The van der Waals surface area contributed by atoms with Gasteiger partial charge >= 0.3 is 0 Å². The Morgan fingerprint density at radius 3 is 2.67 bits per heavy atom. The molecule has 0 saturated carbocycles. The van der Waals surface area contributed by atoms with Gasteiger partial charge in [-0.05, 0) is 31.4 Å². The number of nitrogens with zero attached hydrogens (tertiary/aromatic N) is 2. The summed E-state index contributed by atoms with van der Waals surface area (Å²) in [4.78, 5) is 6.68. The van der Waals surface area contributed by atoms with Gasteiger partial charge in [0.15, 0.2) is 0 Å². The van der Waals surface area contributed by atoms with Crippen LogP contribution in [0.3, 0.4) is 0 Å². The zero-order valence-electron chi connectivity index (χ0n) is 9.07. The molecule has 0 aliphatic carbocycles. The molecule has 1 aliphatic heterocycles. The monoisotopic (exact) mass is 207 g/mol. The highest BCUT2D eigenvalue weighted by Gasteiger charge is 2.13. The molecule has 1 aromatic rings. The van der Waals surface area contributed by atoms with Crippen molar-refractivity contribution in [2.75, 3.05) is 30.8 Å². The summed E-state index contributed by atoms with van der Waals surface area (Å²) < 4.78 is 5.11. The third-order valence-electron chi connectivity index (χ3n) is 2.75. The number of pyridine rings is 1. The number of hydrogen-bond donors (Lipinski definition) is 1. The van der Waals surface area contributed by atoms with Gasteiger partial charge in [-0.25, -0.2) is 0 Å². The number of anilines is 2. The van der Waals surface area contributed by atoms with E-state index in [0.717, 1.165) is 18.9 Å². The van der Waals surface area contributed by atoms with E-state index in [1.165, 1.54) is 19.3 Å². The molecule has 0 atom stereocenters. The zero-order chi connectivity index (χ0) is 10.7. The lowest BCUT2D eigenvalue weighted by atomic mass is 10.1. The van der Waals surface area contributed by atoms with Gasteiger partial charge in [0, 0.05) is 13.1 Å². The smallest absolute Gasteiger partial charge is 0.238 e. The van der Waals surface area contributed by atoms with Gasteiger partial charge in [0.05, 0.1) is 12.8 Å². The summed E-state index contributed by atoms with van der Waals surface area (Å²) in [5, 5.41) is 0. The molecule has 82 valence electrons. The third kappa shape index (κ3) is 2.14. The number of piperidine rings is 1. The van der Waals surface area contributed by atoms with E-state index < -0.39 is 0 Å². The summed E-state index contributed by atoms with van der Waals surface area (Å²) in [6, 6.07) is 3.82. The normalized spacial score (nSPS) is 16.5. The second-order valence-electron chi connectivity index (χ2n) is 3.82. The zero-order valence-corrected chi connectivity index (χ0v) is 9.07. The second-order valence-corrected chi connectivity index (χ2v) is 3.82. The van der Waals surface area contributed by atoms with Crippen molar-refractivity contribution in [3.05, 3.63) is 12.1 Å². The average molecular weight is 207 g/mol. The van der Waals surface area contributed by atoms with Gasteiger partial charge in [-0.2, -0.15) is 4.98 Å². The Kier molecular flexibility index (Phi) is 2.94. The van der Waals surface area contributed by atoms with Gasteiger partial charge in [0.2, 0.25) is 5.88 Å². The average Bonchev–Trinajstić information content (AvgIpc) is 2.31. The summed E-state index contributed by atoms with van der Waals surface area (Å²) in [7, 11) is 1.60. The summed E-state index contributed by atoms with van der Waals surface area (Å²) in [6.07, 6.45) is 3.81. The molecule has 1 aliphatic rings. The maximum Gasteiger partial charge on any atom is 0.238 e. The van der Waals surface area contributed by atoms with Crippen LogP contribution in [0.5, 0.6) is 5.88 Å². The predicted octanol–water partition coefficient (Wildman–Crippen LogP) is 1.66. The van der Waals surface area contributed by atoms with Crippen molar-refractivity contribution in [3.63, 3.8) is 0 Å². The van der Waals surface area contributed by atoms with Crippen LogP contribution in [-0.2, 0) is 0 Å². The molecule has 0 unspecified atom stereocenters. The Labute approximate surface area is 90.0 Å². The molecule has 0 aromatic carbocycles. The lowest BCUT2D eigenvalue weighted by molar-refractivity contribution is 0.399. The lowest BCUT2D eigenvalue weighted by Crippen LogP contribution is -2.30. The van der Waals surface area contributed by atoms with Crippen molar-refractivity contribution in [2.45, 2.75) is 19.3 Å². The first kappa shape index (κ1) is 10.1. The number of ether oxygens (including phenoxy) is 1. The number of methoxy groups -OCH3 is 1. The number of nitrogens with two attached hydrogens (primary N) is 1. The minimum atomic E-state index is 0.526. The van der Waals surface area contributed by atoms with E-state index in [9.17, 15) is 0 Å². The largest absolute Gasteiger partial charge is 0.479 e. The van der Waals surface area contributed by atoms with Crippen molar-refractivity contribution in [3.8, 4) is 5.88 Å². The van der Waals surface area contributed by atoms with Crippen molar-refractivity contribution >= 4 is 11.5 Å². The Hall–Kier alpha value is -1.45. The Bertz CT molecular complexity index is 335. The third-order valence-corrected chi connectivity index (χ3v) is 2.75. The van der Waals surface area contributed by atoms with Crippen LogP contribution in [0.25, 0.3) is 0 Å². The molecule has 4 nitrogen and oxygen atoms in total. The van der Waals surface area contributed by atoms with Crippen molar-refractivity contribution in [1.29, 1.82) is 0 Å². The van der Waals surface area contributed by atoms with Gasteiger partial charge in [0.1, 0.15) is 5.82 Å². The van der Waals surface area contributed by atoms with Crippen LogP contribution in [0.1, 0.15) is 19.3 Å². The van der Waals surface area contributed by atoms with Gasteiger partial charge in [-0.1, -0.05) is 0 Å². The maximum atomic E-state index is 5.72. The molecule has 0 spiro atoms. The maximum absolute atomic E-state index is 5.72. The Balaban J connectivity index is 2.20. The highest BCUT2D eigenvalue weighted by atomic mass is 16.5. The molecule has 0 radical (unpaired) electrons. The lowest BCUT2D eigenvalue weighted by Gasteiger charge is -2.27. The summed E-state index contributed by atoms with van der Waals surface area (Å²) in [6.45, 7) is 2.17. The van der Waals surface area contributed by atoms with Gasteiger partial charge < -0.3 is 15.4 Å². The van der Waals surface area contributed by atoms with E-state index >= 15 is 0 Å². The fourth-order valence-corrected chi connectivity index (χ4v) is 1.90. The molecule has 2 heterocycles. The summed E-state index contributed by atoms with van der Waals surface area (Å²) in [5.41, 5.74) is 6.32. The minimum Gasteiger partial charge on any atom is -0.479 e. The topological polar surface area (TPSA) is 51.4 Å². The standard InChI is InChI=1S/C11H17N3O/c1-15-11-9(12)5-6-10(13-11)14-7-3-2-4-8-14/h5-6H,2-4,7-8,12H2,1H3. The first-order chi connectivity index (χ1) is 7.31. The van der Waals surface area contributed by atoms with E-state index in [1.807, 2.05) is 12.1 Å². The summed E-state index contributed by atoms with van der Waals surface area (Å²) >= 11 is 0. The number of aromatic nitrogens is 1. The van der Waals surface area contributed by atoms with Crippen LogP contribution in [0.4, 0.5) is 11.5 Å². The quantitative estimate of drug-likeness (QED) is 0.801. The van der Waals surface area contributed by atoms with Gasteiger partial charge in [0.25, 0.3) is 0 Å². The van der Waals surface area contributed by atoms with Gasteiger partial charge in [-0.3, -0.25) is 0 Å². The van der Waals surface area contributed by atoms with Crippen molar-refractivity contribution in [2.24, 2.45) is 0 Å². The molecule has 1 aromatic heterocycles. The highest BCUT2D eigenvalue weighted by molar-refractivity contribution is 5.54. The molecule has 15 heavy (non-hydrogen) atoms. The molecule has 2 N–H and O–H groups in total. The summed E-state index contributed by atoms with van der Waals surface area (Å²) in [5.74, 6) is 1.50. The van der Waals surface area contributed by atoms with Crippen LogP contribution < -0.4 is 15.4 Å². The van der Waals surface area contributed by atoms with E-state index in [2.05, 4.69) is 9.88 Å². The number of rotatable bonds is 2. The SMILES string of the molecule is COc1nc(N2CCCCC2)ccc1N. The highest BCUT2D eigenvalue weighted by Crippen LogP contribution is 2.24. The molecule has 0 bridgehead atoms. The van der Waals surface area contributed by atoms with Crippen LogP contribution in [-0.4, -0.2) is 25.2 Å². The Morgan fingerprint density at radius 2 is 2.00 bits per heavy atom. The minimum absolute atomic E-state index is 0.526. The molecule has 2 rings (SSSR count). The fourth-order valence-electron chi connectivity index (χ4n) is 1.90. The molecule has 1 fully saturated rings. The van der Waals surface area contributed by atoms with E-state index in [0.29, 0.717) is 11.6 Å². The molecular formula is C11H17N3O. The predicted molar refractivity (Wildman–Crippen MR) is 61.3 cm³/mol. The van der Waals surface area contributed by atoms with Crippen LogP contribution in [0.2, 0.25) is 0 Å². The molecular weight excluding hydrogens is 190 g/mol. The number of nitrogen functional groups attached to an aromatic ring is 1. The fraction of sp³-hybridized carbons (Fsp3) is 0.545. The van der Waals surface area contributed by atoms with E-state index in [-0.39, 0.29) is 0 Å². The first-order valence-corrected chi connectivity index (χ1v) is 5.37. The molecule has 1 saturated heterocycles. The van der Waals surface area contributed by atoms with Crippen molar-refractivity contribution in [1.82, 2.24) is 4.98 Å². The van der Waals surface area contributed by atoms with E-state index in [4.69, 9.17) is 10.5 Å². The van der Waals surface area contributed by atoms with Gasteiger partial charge in [-0.15, -0.1) is 0 Å². The Morgan fingerprint density at radius 1 is 1.27 bits per heavy atom. The van der Waals surface area contributed by atoms with E-state index in [1.54, 1.807) is 7.11 Å². The number of hydrogen-bond acceptors (Lipinski definition) is 4. The molecule has 0 amide bonds. The second kappa shape index (κ2) is 4.38.